The predicted molar refractivity (Wildman–Crippen MR) is 101 cm³/mol. The number of H-pyrrole nitrogens is 1. The van der Waals surface area contributed by atoms with Gasteiger partial charge in [-0.25, -0.2) is 9.97 Å². The first kappa shape index (κ1) is 16.1. The maximum Gasteiger partial charge on any atom is 0.142 e. The summed E-state index contributed by atoms with van der Waals surface area (Å²) >= 11 is 0. The average molecular weight is 339 g/mol. The molecular weight excluding hydrogens is 314 g/mol. The lowest BCUT2D eigenvalue weighted by atomic mass is 9.77. The number of aromatic amines is 1. The second-order valence-corrected chi connectivity index (χ2v) is 7.26. The summed E-state index contributed by atoms with van der Waals surface area (Å²) in [7, 11) is 2.19. The van der Waals surface area contributed by atoms with Gasteiger partial charge in [0.2, 0.25) is 0 Å². The summed E-state index contributed by atoms with van der Waals surface area (Å²) in [5.41, 5.74) is 7.88. The largest absolute Gasteiger partial charge is 0.492 e. The topological polar surface area (TPSA) is 80.1 Å². The zero-order valence-corrected chi connectivity index (χ0v) is 14.9. The van der Waals surface area contributed by atoms with Crippen molar-refractivity contribution in [2.45, 2.75) is 26.2 Å². The van der Waals surface area contributed by atoms with Crippen LogP contribution in [0.2, 0.25) is 0 Å². The van der Waals surface area contributed by atoms with Crippen molar-refractivity contribution < 1.29 is 4.74 Å². The summed E-state index contributed by atoms with van der Waals surface area (Å²) < 4.78 is 6.35. The average Bonchev–Trinajstić information content (AvgIpc) is 3.00. The molecule has 3 N–H and O–H groups in total. The molecule has 0 amide bonds. The number of nitrogens with two attached hydrogens (primary N) is 1. The Kier molecular flexibility index (Phi) is 4.00. The summed E-state index contributed by atoms with van der Waals surface area (Å²) in [5.74, 6) is 1.37. The lowest BCUT2D eigenvalue weighted by Gasteiger charge is -2.39. The van der Waals surface area contributed by atoms with Crippen LogP contribution in [0.4, 0.5) is 5.82 Å². The zero-order valence-electron chi connectivity index (χ0n) is 14.9. The molecule has 25 heavy (non-hydrogen) atoms. The summed E-state index contributed by atoms with van der Waals surface area (Å²) in [6, 6.07) is 3.83. The first-order chi connectivity index (χ1) is 12.1. The van der Waals surface area contributed by atoms with Crippen molar-refractivity contribution in [2.75, 3.05) is 32.5 Å². The number of likely N-dealkylation sites (tertiary alicyclic amines) is 1. The summed E-state index contributed by atoms with van der Waals surface area (Å²) in [5, 5.41) is 2.00. The zero-order chi connectivity index (χ0) is 17.4. The molecule has 6 heteroatoms. The molecule has 1 saturated heterocycles. The van der Waals surface area contributed by atoms with E-state index in [9.17, 15) is 0 Å². The Bertz CT molecular complexity index is 895. The molecule has 0 aromatic carbocycles. The Labute approximate surface area is 147 Å². The van der Waals surface area contributed by atoms with Crippen molar-refractivity contribution in [1.82, 2.24) is 19.9 Å². The van der Waals surface area contributed by atoms with E-state index >= 15 is 0 Å². The molecular formula is C19H25N5O. The second kappa shape index (κ2) is 6.19. The number of piperidine rings is 1. The van der Waals surface area contributed by atoms with Crippen LogP contribution in [0.3, 0.4) is 0 Å². The highest BCUT2D eigenvalue weighted by Crippen LogP contribution is 2.37. The highest BCUT2D eigenvalue weighted by Gasteiger charge is 2.33. The minimum atomic E-state index is 0.259. The summed E-state index contributed by atoms with van der Waals surface area (Å²) in [6.07, 6.45) is 7.04. The SMILES string of the molecule is CCC1(COc2ccnc3[nH]c4cnc(N)cc4c23)CCN(C)CC1. The highest BCUT2D eigenvalue weighted by molar-refractivity contribution is 6.09. The molecule has 4 heterocycles. The van der Waals surface area contributed by atoms with Crippen LogP contribution in [-0.2, 0) is 0 Å². The lowest BCUT2D eigenvalue weighted by Crippen LogP contribution is -2.41. The minimum absolute atomic E-state index is 0.259. The fourth-order valence-corrected chi connectivity index (χ4v) is 3.75. The van der Waals surface area contributed by atoms with E-state index in [4.69, 9.17) is 10.5 Å². The molecule has 3 aromatic rings. The fourth-order valence-electron chi connectivity index (χ4n) is 3.75. The van der Waals surface area contributed by atoms with Crippen LogP contribution in [0.25, 0.3) is 21.9 Å². The number of rotatable bonds is 4. The van der Waals surface area contributed by atoms with Crippen molar-refractivity contribution in [2.24, 2.45) is 5.41 Å². The van der Waals surface area contributed by atoms with Crippen molar-refractivity contribution in [3.63, 3.8) is 0 Å². The maximum absolute atomic E-state index is 6.35. The number of hydrogen-bond donors (Lipinski definition) is 2. The molecule has 0 spiro atoms. The van der Waals surface area contributed by atoms with Crippen LogP contribution in [-0.4, -0.2) is 46.6 Å². The molecule has 1 fully saturated rings. The number of nitrogens with one attached hydrogen (secondary N) is 1. The predicted octanol–water partition coefficient (Wildman–Crippen LogP) is 3.19. The van der Waals surface area contributed by atoms with Gasteiger partial charge >= 0.3 is 0 Å². The normalized spacial score (nSPS) is 18.0. The molecule has 0 aliphatic carbocycles. The van der Waals surface area contributed by atoms with E-state index in [1.165, 1.54) is 12.8 Å². The van der Waals surface area contributed by atoms with E-state index in [-0.39, 0.29) is 5.41 Å². The van der Waals surface area contributed by atoms with Gasteiger partial charge in [0.25, 0.3) is 0 Å². The van der Waals surface area contributed by atoms with Crippen LogP contribution in [0.5, 0.6) is 5.75 Å². The number of anilines is 1. The highest BCUT2D eigenvalue weighted by atomic mass is 16.5. The molecule has 6 nitrogen and oxygen atoms in total. The third-order valence-electron chi connectivity index (χ3n) is 5.69. The van der Waals surface area contributed by atoms with Crippen molar-refractivity contribution in [3.05, 3.63) is 24.5 Å². The molecule has 132 valence electrons. The van der Waals surface area contributed by atoms with Gasteiger partial charge in [0.1, 0.15) is 17.2 Å². The number of hydrogen-bond acceptors (Lipinski definition) is 5. The van der Waals surface area contributed by atoms with Crippen molar-refractivity contribution in [1.29, 1.82) is 0 Å². The van der Waals surface area contributed by atoms with Gasteiger partial charge in [-0.3, -0.25) is 0 Å². The van der Waals surface area contributed by atoms with Gasteiger partial charge in [-0.05, 0) is 51.5 Å². The number of nitrogen functional groups attached to an aromatic ring is 1. The molecule has 3 aromatic heterocycles. The molecule has 0 saturated carbocycles. The quantitative estimate of drug-likeness (QED) is 0.763. The molecule has 0 atom stereocenters. The van der Waals surface area contributed by atoms with E-state index in [0.717, 1.165) is 53.8 Å². The van der Waals surface area contributed by atoms with Gasteiger partial charge in [0, 0.05) is 17.0 Å². The first-order valence-corrected chi connectivity index (χ1v) is 8.93. The lowest BCUT2D eigenvalue weighted by molar-refractivity contribution is 0.0615. The minimum Gasteiger partial charge on any atom is -0.492 e. The number of ether oxygens (including phenoxy) is 1. The Morgan fingerprint density at radius 1 is 1.32 bits per heavy atom. The van der Waals surface area contributed by atoms with Gasteiger partial charge < -0.3 is 20.4 Å². The van der Waals surface area contributed by atoms with Crippen LogP contribution in [0.15, 0.2) is 24.5 Å². The third kappa shape index (κ3) is 2.91. The van der Waals surface area contributed by atoms with Gasteiger partial charge in [-0.2, -0.15) is 0 Å². The number of nitrogens with zero attached hydrogens (tertiary/aromatic N) is 3. The van der Waals surface area contributed by atoms with Crippen LogP contribution < -0.4 is 10.5 Å². The van der Waals surface area contributed by atoms with Gasteiger partial charge in [0.05, 0.1) is 23.7 Å². The Hall–Kier alpha value is -2.34. The molecule has 4 rings (SSSR count). The maximum atomic E-state index is 6.35. The van der Waals surface area contributed by atoms with Crippen molar-refractivity contribution in [3.8, 4) is 5.75 Å². The first-order valence-electron chi connectivity index (χ1n) is 8.93. The number of fused-ring (bicyclic) bond motifs is 3. The van der Waals surface area contributed by atoms with Crippen LogP contribution in [0, 0.1) is 5.41 Å². The second-order valence-electron chi connectivity index (χ2n) is 7.26. The van der Waals surface area contributed by atoms with Gasteiger partial charge in [-0.1, -0.05) is 6.92 Å². The van der Waals surface area contributed by atoms with E-state index in [1.54, 1.807) is 12.4 Å². The van der Waals surface area contributed by atoms with Crippen molar-refractivity contribution >= 4 is 27.8 Å². The Morgan fingerprint density at radius 3 is 2.88 bits per heavy atom. The fraction of sp³-hybridized carbons (Fsp3) is 0.474. The van der Waals surface area contributed by atoms with E-state index in [2.05, 4.69) is 33.8 Å². The number of aromatic nitrogens is 3. The number of pyridine rings is 2. The molecule has 0 unspecified atom stereocenters. The molecule has 0 bridgehead atoms. The van der Waals surface area contributed by atoms with Crippen LogP contribution >= 0.6 is 0 Å². The van der Waals surface area contributed by atoms with E-state index < -0.39 is 0 Å². The molecule has 1 aliphatic rings. The van der Waals surface area contributed by atoms with Gasteiger partial charge in [0.15, 0.2) is 0 Å². The Morgan fingerprint density at radius 2 is 2.12 bits per heavy atom. The van der Waals surface area contributed by atoms with Crippen LogP contribution in [0.1, 0.15) is 26.2 Å². The van der Waals surface area contributed by atoms with Gasteiger partial charge in [-0.15, -0.1) is 0 Å². The summed E-state index contributed by atoms with van der Waals surface area (Å²) in [4.78, 5) is 14.3. The monoisotopic (exact) mass is 339 g/mol. The summed E-state index contributed by atoms with van der Waals surface area (Å²) in [6.45, 7) is 5.29. The molecule has 1 aliphatic heterocycles. The van der Waals surface area contributed by atoms with E-state index in [1.807, 2.05) is 12.1 Å². The molecule has 0 radical (unpaired) electrons. The van der Waals surface area contributed by atoms with E-state index in [0.29, 0.717) is 5.82 Å². The smallest absolute Gasteiger partial charge is 0.142 e. The third-order valence-corrected chi connectivity index (χ3v) is 5.69. The Balaban J connectivity index is 1.67. The standard InChI is InChI=1S/C19H25N5O/c1-3-19(5-8-24(2)9-6-19)12-25-15-4-7-21-18-17(15)13-10-16(20)22-11-14(13)23-18/h4,7,10-11H,3,5-6,8-9,12H2,1-2H3,(H2,20,22)(H,21,23).